The Bertz CT molecular complexity index is 539. The Hall–Kier alpha value is -2.04. The number of hydrogen-bond acceptors (Lipinski definition) is 3. The van der Waals surface area contributed by atoms with Crippen LogP contribution in [0.25, 0.3) is 0 Å². The maximum Gasteiger partial charge on any atom is 0.305 e. The summed E-state index contributed by atoms with van der Waals surface area (Å²) < 4.78 is 5.74. The highest BCUT2D eigenvalue weighted by Gasteiger charge is 2.19. The van der Waals surface area contributed by atoms with E-state index in [-0.39, 0.29) is 12.3 Å². The van der Waals surface area contributed by atoms with E-state index in [0.29, 0.717) is 11.7 Å². The first kappa shape index (κ1) is 18.0. The number of nitrogens with one attached hydrogen (secondary N) is 1. The van der Waals surface area contributed by atoms with Gasteiger partial charge in [-0.15, -0.1) is 0 Å². The van der Waals surface area contributed by atoms with Gasteiger partial charge in [0.05, 0.1) is 6.42 Å². The Kier molecular flexibility index (Phi) is 6.40. The molecule has 0 spiro atoms. The number of aliphatic carboxylic acids is 1. The van der Waals surface area contributed by atoms with Gasteiger partial charge in [0.1, 0.15) is 5.75 Å². The van der Waals surface area contributed by atoms with Gasteiger partial charge < -0.3 is 15.2 Å². The molecule has 1 aromatic carbocycles. The van der Waals surface area contributed by atoms with E-state index in [4.69, 9.17) is 9.84 Å². The molecule has 0 heterocycles. The number of carbonyl (C=O) groups is 2. The number of carbonyl (C=O) groups excluding carboxylic acids is 1. The van der Waals surface area contributed by atoms with Crippen LogP contribution in [0.15, 0.2) is 18.2 Å². The summed E-state index contributed by atoms with van der Waals surface area (Å²) in [4.78, 5) is 22.7. The normalized spacial score (nSPS) is 13.5. The molecule has 0 fully saturated rings. The van der Waals surface area contributed by atoms with Crippen molar-refractivity contribution in [2.75, 3.05) is 0 Å². The molecule has 0 aliphatic carbocycles. The lowest BCUT2D eigenvalue weighted by Gasteiger charge is -2.19. The summed E-state index contributed by atoms with van der Waals surface area (Å²) in [6.45, 7) is 9.43. The summed E-state index contributed by atoms with van der Waals surface area (Å²) in [5.74, 6) is -0.202. The van der Waals surface area contributed by atoms with E-state index < -0.39 is 18.1 Å². The van der Waals surface area contributed by atoms with Crippen LogP contribution in [-0.4, -0.2) is 29.1 Å². The molecule has 5 heteroatoms. The number of hydrogen-bond donors (Lipinski definition) is 2. The molecular formula is C17H25NO4. The first-order chi connectivity index (χ1) is 10.2. The lowest BCUT2D eigenvalue weighted by Crippen LogP contribution is -2.42. The zero-order valence-corrected chi connectivity index (χ0v) is 13.8. The summed E-state index contributed by atoms with van der Waals surface area (Å²) >= 11 is 0. The molecule has 0 aromatic heterocycles. The van der Waals surface area contributed by atoms with Crippen LogP contribution in [0, 0.1) is 6.92 Å². The molecule has 5 nitrogen and oxygen atoms in total. The van der Waals surface area contributed by atoms with Gasteiger partial charge in [-0.25, -0.2) is 0 Å². The summed E-state index contributed by atoms with van der Waals surface area (Å²) in [7, 11) is 0. The second kappa shape index (κ2) is 7.82. The maximum atomic E-state index is 12.0. The van der Waals surface area contributed by atoms with Gasteiger partial charge in [0, 0.05) is 6.04 Å². The van der Waals surface area contributed by atoms with E-state index >= 15 is 0 Å². The number of carboxylic acid groups (broad SMARTS) is 1. The fraction of sp³-hybridized carbons (Fsp3) is 0.529. The minimum Gasteiger partial charge on any atom is -0.481 e. The van der Waals surface area contributed by atoms with Gasteiger partial charge in [-0.2, -0.15) is 0 Å². The fourth-order valence-corrected chi connectivity index (χ4v) is 2.02. The molecular weight excluding hydrogens is 282 g/mol. The van der Waals surface area contributed by atoms with Crippen LogP contribution < -0.4 is 10.1 Å². The molecule has 0 saturated heterocycles. The van der Waals surface area contributed by atoms with Crippen molar-refractivity contribution in [3.8, 4) is 5.75 Å². The third-order valence-electron chi connectivity index (χ3n) is 3.42. The van der Waals surface area contributed by atoms with Gasteiger partial charge in [0.15, 0.2) is 6.10 Å². The molecule has 1 aromatic rings. The van der Waals surface area contributed by atoms with Gasteiger partial charge in [0.25, 0.3) is 5.91 Å². The maximum absolute atomic E-state index is 12.0. The number of aryl methyl sites for hydroxylation is 1. The van der Waals surface area contributed by atoms with E-state index in [1.165, 1.54) is 0 Å². The van der Waals surface area contributed by atoms with Gasteiger partial charge in [0.2, 0.25) is 0 Å². The molecule has 0 bridgehead atoms. The van der Waals surface area contributed by atoms with Crippen LogP contribution in [0.4, 0.5) is 0 Å². The average Bonchev–Trinajstić information content (AvgIpc) is 2.39. The Morgan fingerprint density at radius 1 is 1.23 bits per heavy atom. The molecule has 0 aliphatic rings. The van der Waals surface area contributed by atoms with Crippen LogP contribution >= 0.6 is 0 Å². The van der Waals surface area contributed by atoms with Crippen molar-refractivity contribution < 1.29 is 19.4 Å². The average molecular weight is 307 g/mol. The Labute approximate surface area is 131 Å². The van der Waals surface area contributed by atoms with Crippen molar-refractivity contribution in [1.82, 2.24) is 5.32 Å². The largest absolute Gasteiger partial charge is 0.481 e. The van der Waals surface area contributed by atoms with Crippen molar-refractivity contribution in [2.45, 2.75) is 59.1 Å². The lowest BCUT2D eigenvalue weighted by atomic mass is 10.0. The van der Waals surface area contributed by atoms with E-state index in [9.17, 15) is 9.59 Å². The first-order valence-electron chi connectivity index (χ1n) is 7.50. The van der Waals surface area contributed by atoms with Crippen molar-refractivity contribution >= 4 is 11.9 Å². The first-order valence-corrected chi connectivity index (χ1v) is 7.50. The molecule has 1 amide bonds. The minimum absolute atomic E-state index is 0.111. The standard InChI is InChI=1S/C17H25NO4/c1-10(2)14-7-6-11(3)15(9-14)22-13(5)17(21)18-12(4)8-16(19)20/h6-7,9-10,12-13H,8H2,1-5H3,(H,18,21)(H,19,20). The number of benzene rings is 1. The summed E-state index contributed by atoms with van der Waals surface area (Å²) in [6, 6.07) is 5.54. The molecule has 1 rings (SSSR count). The third-order valence-corrected chi connectivity index (χ3v) is 3.42. The van der Waals surface area contributed by atoms with E-state index in [1.54, 1.807) is 13.8 Å². The minimum atomic E-state index is -0.943. The second-order valence-electron chi connectivity index (χ2n) is 5.95. The molecule has 0 radical (unpaired) electrons. The van der Waals surface area contributed by atoms with E-state index in [2.05, 4.69) is 19.2 Å². The SMILES string of the molecule is Cc1ccc(C(C)C)cc1OC(C)C(=O)NC(C)CC(=O)O. The fourth-order valence-electron chi connectivity index (χ4n) is 2.02. The van der Waals surface area contributed by atoms with Crippen LogP contribution in [0.2, 0.25) is 0 Å². The highest BCUT2D eigenvalue weighted by atomic mass is 16.5. The molecule has 0 saturated carbocycles. The van der Waals surface area contributed by atoms with Gasteiger partial charge >= 0.3 is 5.97 Å². The lowest BCUT2D eigenvalue weighted by molar-refractivity contribution is -0.137. The van der Waals surface area contributed by atoms with Crippen molar-refractivity contribution in [2.24, 2.45) is 0 Å². The van der Waals surface area contributed by atoms with E-state index in [0.717, 1.165) is 11.1 Å². The number of carboxylic acids is 1. The Morgan fingerprint density at radius 3 is 2.41 bits per heavy atom. The number of amides is 1. The molecule has 2 unspecified atom stereocenters. The number of rotatable bonds is 7. The van der Waals surface area contributed by atoms with Crippen molar-refractivity contribution in [3.63, 3.8) is 0 Å². The smallest absolute Gasteiger partial charge is 0.305 e. The second-order valence-corrected chi connectivity index (χ2v) is 5.95. The molecule has 2 N–H and O–H groups in total. The summed E-state index contributed by atoms with van der Waals surface area (Å²) in [6.07, 6.45) is -0.794. The van der Waals surface area contributed by atoms with Crippen LogP contribution in [0.5, 0.6) is 5.75 Å². The quantitative estimate of drug-likeness (QED) is 0.812. The van der Waals surface area contributed by atoms with Crippen molar-refractivity contribution in [1.29, 1.82) is 0 Å². The highest BCUT2D eigenvalue weighted by Crippen LogP contribution is 2.25. The number of ether oxygens (including phenoxy) is 1. The Morgan fingerprint density at radius 2 is 1.86 bits per heavy atom. The van der Waals surface area contributed by atoms with Gasteiger partial charge in [-0.1, -0.05) is 26.0 Å². The third kappa shape index (κ3) is 5.39. The Balaban J connectivity index is 2.71. The van der Waals surface area contributed by atoms with Crippen LogP contribution in [0.3, 0.4) is 0 Å². The predicted octanol–water partition coefficient (Wildman–Crippen LogP) is 2.87. The van der Waals surface area contributed by atoms with Crippen LogP contribution in [0.1, 0.15) is 51.2 Å². The monoisotopic (exact) mass is 307 g/mol. The topological polar surface area (TPSA) is 75.6 Å². The summed E-state index contributed by atoms with van der Waals surface area (Å²) in [5, 5.41) is 11.4. The van der Waals surface area contributed by atoms with Crippen LogP contribution in [-0.2, 0) is 9.59 Å². The van der Waals surface area contributed by atoms with Crippen molar-refractivity contribution in [3.05, 3.63) is 29.3 Å². The van der Waals surface area contributed by atoms with Gasteiger partial charge in [-0.3, -0.25) is 9.59 Å². The molecule has 22 heavy (non-hydrogen) atoms. The zero-order valence-electron chi connectivity index (χ0n) is 13.8. The molecule has 2 atom stereocenters. The van der Waals surface area contributed by atoms with Gasteiger partial charge in [-0.05, 0) is 43.9 Å². The molecule has 0 aliphatic heterocycles. The molecule has 122 valence electrons. The predicted molar refractivity (Wildman–Crippen MR) is 85.2 cm³/mol. The summed E-state index contributed by atoms with van der Waals surface area (Å²) in [5.41, 5.74) is 2.11. The zero-order chi connectivity index (χ0) is 16.9. The van der Waals surface area contributed by atoms with E-state index in [1.807, 2.05) is 25.1 Å². The highest BCUT2D eigenvalue weighted by molar-refractivity contribution is 5.81.